The van der Waals surface area contributed by atoms with Gasteiger partial charge in [-0.15, -0.1) is 0 Å². The quantitative estimate of drug-likeness (QED) is 0.293. The topological polar surface area (TPSA) is 77.3 Å². The van der Waals surface area contributed by atoms with Crippen molar-refractivity contribution < 1.29 is 18.8 Å². The lowest BCUT2D eigenvalue weighted by Crippen LogP contribution is -2.27. The molecule has 0 aromatic carbocycles. The van der Waals surface area contributed by atoms with Gasteiger partial charge in [-0.1, -0.05) is 77.0 Å². The van der Waals surface area contributed by atoms with Gasteiger partial charge < -0.3 is 9.16 Å². The highest BCUT2D eigenvalue weighted by atomic mass is 28.3. The largest absolute Gasteiger partial charge is 0.503 e. The van der Waals surface area contributed by atoms with E-state index in [9.17, 15) is 9.59 Å². The van der Waals surface area contributed by atoms with E-state index in [4.69, 9.17) is 9.16 Å². The molecule has 0 fully saturated rings. The van der Waals surface area contributed by atoms with Gasteiger partial charge in [0.1, 0.15) is 0 Å². The molecular formula is C16H32N2O4Si. The molecular weight excluding hydrogens is 312 g/mol. The van der Waals surface area contributed by atoms with Crippen molar-refractivity contribution in [3.05, 3.63) is 0 Å². The molecule has 23 heavy (non-hydrogen) atoms. The van der Waals surface area contributed by atoms with Crippen LogP contribution in [0.3, 0.4) is 0 Å². The van der Waals surface area contributed by atoms with E-state index in [2.05, 4.69) is 17.2 Å². The van der Waals surface area contributed by atoms with E-state index in [-0.39, 0.29) is 0 Å². The third-order valence-corrected chi connectivity index (χ3v) is 6.59. The molecule has 0 saturated heterocycles. The van der Waals surface area contributed by atoms with Crippen LogP contribution in [0.1, 0.15) is 73.1 Å². The molecule has 6 nitrogen and oxygen atoms in total. The maximum absolute atomic E-state index is 11.6. The highest BCUT2D eigenvalue weighted by molar-refractivity contribution is 6.56. The number of rotatable bonds is 10. The molecule has 0 aromatic heterocycles. The fourth-order valence-corrected chi connectivity index (χ4v) is 4.70. The van der Waals surface area contributed by atoms with E-state index < -0.39 is 21.2 Å². The summed E-state index contributed by atoms with van der Waals surface area (Å²) in [7, 11) is -1.70. The zero-order chi connectivity index (χ0) is 17.7. The van der Waals surface area contributed by atoms with Gasteiger partial charge in [-0.3, -0.25) is 0 Å². The van der Waals surface area contributed by atoms with Gasteiger partial charge in [-0.25, -0.2) is 9.59 Å². The predicted octanol–water partition coefficient (Wildman–Crippen LogP) is 5.62. The van der Waals surface area contributed by atoms with Crippen molar-refractivity contribution in [1.29, 1.82) is 0 Å². The highest BCUT2D eigenvalue weighted by Crippen LogP contribution is 2.21. The van der Waals surface area contributed by atoms with Gasteiger partial charge in [-0.2, -0.15) is 0 Å². The maximum Gasteiger partial charge on any atom is 0.452 e. The van der Waals surface area contributed by atoms with Crippen molar-refractivity contribution in [1.82, 2.24) is 0 Å². The molecule has 0 spiro atoms. The van der Waals surface area contributed by atoms with E-state index in [1.165, 1.54) is 19.3 Å². The lowest BCUT2D eigenvalue weighted by molar-refractivity contribution is 0.151. The first kappa shape index (κ1) is 21.8. The van der Waals surface area contributed by atoms with Crippen LogP contribution in [0.5, 0.6) is 0 Å². The SMILES string of the molecule is CCCCCCCCOC(=O)N=NC(=O)O[SiH](C(C)C)C(C)C. The summed E-state index contributed by atoms with van der Waals surface area (Å²) >= 11 is 0. The standard InChI is InChI=1S/C16H32N2O4Si/c1-6-7-8-9-10-11-12-21-15(19)17-18-16(20)22-23(13(2)3)14(4)5/h13-14,23H,6-12H2,1-5H3. The monoisotopic (exact) mass is 344 g/mol. The van der Waals surface area contributed by atoms with Crippen LogP contribution in [0.2, 0.25) is 11.1 Å². The van der Waals surface area contributed by atoms with Crippen molar-refractivity contribution >= 4 is 21.2 Å². The first-order valence-electron chi connectivity index (χ1n) is 8.67. The molecule has 0 aromatic rings. The average Bonchev–Trinajstić information content (AvgIpc) is 2.49. The minimum Gasteiger partial charge on any atom is -0.503 e. The Bertz CT molecular complexity index is 365. The van der Waals surface area contributed by atoms with Crippen molar-refractivity contribution in [3.63, 3.8) is 0 Å². The lowest BCUT2D eigenvalue weighted by atomic mass is 10.1. The molecule has 0 unspecified atom stereocenters. The first-order chi connectivity index (χ1) is 10.9. The fourth-order valence-electron chi connectivity index (χ4n) is 2.33. The Balaban J connectivity index is 3.92. The Morgan fingerprint density at radius 1 is 0.870 bits per heavy atom. The van der Waals surface area contributed by atoms with Gasteiger partial charge in [0.05, 0.1) is 6.61 Å². The van der Waals surface area contributed by atoms with Crippen molar-refractivity contribution in [2.75, 3.05) is 6.61 Å². The fraction of sp³-hybridized carbons (Fsp3) is 0.875. The maximum atomic E-state index is 11.6. The molecule has 134 valence electrons. The molecule has 0 bridgehead atoms. The second-order valence-corrected chi connectivity index (χ2v) is 10.3. The van der Waals surface area contributed by atoms with E-state index >= 15 is 0 Å². The number of azo groups is 1. The van der Waals surface area contributed by atoms with Crippen LogP contribution < -0.4 is 0 Å². The summed E-state index contributed by atoms with van der Waals surface area (Å²) in [5.74, 6) is 0. The van der Waals surface area contributed by atoms with E-state index in [1.54, 1.807) is 0 Å². The van der Waals surface area contributed by atoms with E-state index in [0.29, 0.717) is 17.7 Å². The Hall–Kier alpha value is -1.24. The Kier molecular flexibility index (Phi) is 12.5. The predicted molar refractivity (Wildman–Crippen MR) is 93.4 cm³/mol. The number of hydrogen-bond donors (Lipinski definition) is 0. The minimum atomic E-state index is -1.70. The number of hydrogen-bond acceptors (Lipinski definition) is 4. The van der Waals surface area contributed by atoms with Crippen molar-refractivity contribution in [2.24, 2.45) is 10.2 Å². The van der Waals surface area contributed by atoms with Crippen LogP contribution in [0, 0.1) is 0 Å². The number of nitrogens with zero attached hydrogens (tertiary/aromatic N) is 2. The molecule has 0 radical (unpaired) electrons. The third kappa shape index (κ3) is 11.9. The third-order valence-electron chi connectivity index (χ3n) is 3.49. The number of ether oxygens (including phenoxy) is 1. The number of unbranched alkanes of at least 4 members (excludes halogenated alkanes) is 5. The smallest absolute Gasteiger partial charge is 0.452 e. The van der Waals surface area contributed by atoms with Crippen LogP contribution in [-0.4, -0.2) is 27.8 Å². The summed E-state index contributed by atoms with van der Waals surface area (Å²) in [4.78, 5) is 22.9. The zero-order valence-corrected chi connectivity index (χ0v) is 16.4. The van der Waals surface area contributed by atoms with Crippen molar-refractivity contribution in [3.8, 4) is 0 Å². The Labute approximate surface area is 141 Å². The van der Waals surface area contributed by atoms with Crippen LogP contribution in [-0.2, 0) is 9.16 Å². The van der Waals surface area contributed by atoms with Crippen LogP contribution in [0.25, 0.3) is 0 Å². The molecule has 2 amide bonds. The molecule has 0 aliphatic rings. The Morgan fingerprint density at radius 2 is 1.39 bits per heavy atom. The van der Waals surface area contributed by atoms with Crippen LogP contribution in [0.4, 0.5) is 9.59 Å². The molecule has 0 N–H and O–H groups in total. The number of carbonyl (C=O) groups is 2. The Morgan fingerprint density at radius 3 is 1.96 bits per heavy atom. The molecule has 7 heteroatoms. The van der Waals surface area contributed by atoms with Crippen molar-refractivity contribution in [2.45, 2.75) is 84.2 Å². The van der Waals surface area contributed by atoms with E-state index in [1.807, 2.05) is 27.7 Å². The highest BCUT2D eigenvalue weighted by Gasteiger charge is 2.25. The molecule has 0 aliphatic carbocycles. The summed E-state index contributed by atoms with van der Waals surface area (Å²) < 4.78 is 10.2. The molecule has 0 aliphatic heterocycles. The van der Waals surface area contributed by atoms with Gasteiger partial charge in [0, 0.05) is 0 Å². The van der Waals surface area contributed by atoms with Gasteiger partial charge >= 0.3 is 12.2 Å². The molecule has 0 saturated carbocycles. The molecule has 0 atom stereocenters. The van der Waals surface area contributed by atoms with Crippen LogP contribution in [0.15, 0.2) is 10.2 Å². The van der Waals surface area contributed by atoms with Gasteiger partial charge in [0.15, 0.2) is 0 Å². The second kappa shape index (κ2) is 13.2. The van der Waals surface area contributed by atoms with Gasteiger partial charge in [0.2, 0.25) is 9.04 Å². The molecule has 0 heterocycles. The first-order valence-corrected chi connectivity index (χ1v) is 10.5. The number of amides is 2. The summed E-state index contributed by atoms with van der Waals surface area (Å²) in [6.45, 7) is 10.6. The summed E-state index contributed by atoms with van der Waals surface area (Å²) in [5, 5.41) is 6.55. The summed E-state index contributed by atoms with van der Waals surface area (Å²) in [5.41, 5.74) is 0.627. The lowest BCUT2D eigenvalue weighted by Gasteiger charge is -2.21. The van der Waals surface area contributed by atoms with E-state index in [0.717, 1.165) is 19.3 Å². The minimum absolute atomic E-state index is 0.314. The van der Waals surface area contributed by atoms with Crippen LogP contribution >= 0.6 is 0 Å². The average molecular weight is 345 g/mol. The normalized spacial score (nSPS) is 11.7. The van der Waals surface area contributed by atoms with Gasteiger partial charge in [0.25, 0.3) is 0 Å². The zero-order valence-electron chi connectivity index (χ0n) is 15.2. The second-order valence-electron chi connectivity index (χ2n) is 6.42. The summed E-state index contributed by atoms with van der Waals surface area (Å²) in [6.07, 6.45) is 5.04. The number of carbonyl (C=O) groups excluding carboxylic acids is 2. The summed E-state index contributed by atoms with van der Waals surface area (Å²) in [6, 6.07) is 0. The van der Waals surface area contributed by atoms with Gasteiger partial charge in [-0.05, 0) is 17.5 Å². The molecule has 0 rings (SSSR count).